The van der Waals surface area contributed by atoms with Crippen LogP contribution in [0.1, 0.15) is 29.0 Å². The van der Waals surface area contributed by atoms with Crippen LogP contribution >= 0.6 is 11.8 Å². The molecule has 0 spiro atoms. The van der Waals surface area contributed by atoms with E-state index in [2.05, 4.69) is 5.16 Å². The third kappa shape index (κ3) is 2.53. The summed E-state index contributed by atoms with van der Waals surface area (Å²) in [7, 11) is 0. The van der Waals surface area contributed by atoms with Gasteiger partial charge in [-0.25, -0.2) is 4.79 Å². The van der Waals surface area contributed by atoms with Gasteiger partial charge in [0.1, 0.15) is 5.56 Å². The van der Waals surface area contributed by atoms with E-state index in [0.717, 1.165) is 12.8 Å². The van der Waals surface area contributed by atoms with Crippen LogP contribution in [0.3, 0.4) is 0 Å². The van der Waals surface area contributed by atoms with Crippen LogP contribution in [0.25, 0.3) is 0 Å². The molecule has 0 unspecified atom stereocenters. The summed E-state index contributed by atoms with van der Waals surface area (Å²) >= 11 is 1.96. The Morgan fingerprint density at radius 1 is 1.60 bits per heavy atom. The average molecular weight is 227 g/mol. The Hall–Kier alpha value is -0.970. The quantitative estimate of drug-likeness (QED) is 0.856. The van der Waals surface area contributed by atoms with Gasteiger partial charge >= 0.3 is 5.97 Å². The largest absolute Gasteiger partial charge is 0.478 e. The second kappa shape index (κ2) is 4.70. The maximum absolute atomic E-state index is 10.8. The summed E-state index contributed by atoms with van der Waals surface area (Å²) < 4.78 is 4.99. The monoisotopic (exact) mass is 227 g/mol. The first kappa shape index (κ1) is 10.5. The Labute approximate surface area is 92.0 Å². The summed E-state index contributed by atoms with van der Waals surface area (Å²) in [5.74, 6) is 2.47. The van der Waals surface area contributed by atoms with E-state index in [0.29, 0.717) is 18.1 Å². The highest BCUT2D eigenvalue weighted by molar-refractivity contribution is 7.99. The Morgan fingerprint density at radius 3 is 3.00 bits per heavy atom. The fourth-order valence-corrected chi connectivity index (χ4v) is 3.00. The van der Waals surface area contributed by atoms with Crippen molar-refractivity contribution in [2.75, 3.05) is 11.5 Å². The first-order valence-corrected chi connectivity index (χ1v) is 6.17. The van der Waals surface area contributed by atoms with Gasteiger partial charge in [0, 0.05) is 6.42 Å². The van der Waals surface area contributed by atoms with Crippen molar-refractivity contribution >= 4 is 17.7 Å². The highest BCUT2D eigenvalue weighted by atomic mass is 32.2. The Bertz CT molecular complexity index is 344. The van der Waals surface area contributed by atoms with Gasteiger partial charge in [-0.05, 0) is 30.3 Å². The first-order valence-electron chi connectivity index (χ1n) is 5.02. The minimum Gasteiger partial charge on any atom is -0.478 e. The fraction of sp³-hybridized carbons (Fsp3) is 0.600. The summed E-state index contributed by atoms with van der Waals surface area (Å²) in [5.41, 5.74) is 0.216. The van der Waals surface area contributed by atoms with Crippen molar-refractivity contribution in [3.8, 4) is 0 Å². The van der Waals surface area contributed by atoms with E-state index in [1.165, 1.54) is 17.7 Å². The summed E-state index contributed by atoms with van der Waals surface area (Å²) in [4.78, 5) is 10.8. The number of hydrogen-bond acceptors (Lipinski definition) is 4. The molecule has 82 valence electrons. The number of carboxylic acids is 1. The molecule has 5 heteroatoms. The average Bonchev–Trinajstić information content (AvgIpc) is 2.67. The lowest BCUT2D eigenvalue weighted by Gasteiger charge is -2.19. The van der Waals surface area contributed by atoms with E-state index in [1.807, 2.05) is 11.8 Å². The zero-order chi connectivity index (χ0) is 10.7. The number of nitrogens with zero attached hydrogens (tertiary/aromatic N) is 1. The molecule has 0 saturated carbocycles. The van der Waals surface area contributed by atoms with Crippen molar-refractivity contribution in [1.82, 2.24) is 5.16 Å². The highest BCUT2D eigenvalue weighted by Gasteiger charge is 2.21. The first-order chi connectivity index (χ1) is 7.27. The van der Waals surface area contributed by atoms with Gasteiger partial charge in [-0.15, -0.1) is 0 Å². The van der Waals surface area contributed by atoms with Crippen molar-refractivity contribution in [2.24, 2.45) is 5.92 Å². The number of thioether (sulfide) groups is 1. The van der Waals surface area contributed by atoms with Crippen LogP contribution in [-0.2, 0) is 6.42 Å². The van der Waals surface area contributed by atoms with Crippen molar-refractivity contribution in [1.29, 1.82) is 0 Å². The van der Waals surface area contributed by atoms with Crippen LogP contribution in [0, 0.1) is 5.92 Å². The Morgan fingerprint density at radius 2 is 2.33 bits per heavy atom. The Kier molecular flexibility index (Phi) is 3.30. The molecule has 0 radical (unpaired) electrons. The summed E-state index contributed by atoms with van der Waals surface area (Å²) in [6.45, 7) is 0. The second-order valence-corrected chi connectivity index (χ2v) is 4.95. The SMILES string of the molecule is O=C(O)c1cnoc1CC1CCSCC1. The number of rotatable bonds is 3. The fourth-order valence-electron chi connectivity index (χ4n) is 1.80. The van der Waals surface area contributed by atoms with Crippen LogP contribution in [0.4, 0.5) is 0 Å². The standard InChI is InChI=1S/C10H13NO3S/c12-10(13)8-6-11-14-9(8)5-7-1-3-15-4-2-7/h6-7H,1-5H2,(H,12,13). The third-order valence-electron chi connectivity index (χ3n) is 2.69. The molecular formula is C10H13NO3S. The van der Waals surface area contributed by atoms with Crippen LogP contribution in [0.15, 0.2) is 10.7 Å². The molecule has 2 heterocycles. The summed E-state index contributed by atoms with van der Waals surface area (Å²) in [6, 6.07) is 0. The molecule has 0 bridgehead atoms. The van der Waals surface area contributed by atoms with E-state index in [9.17, 15) is 4.79 Å². The van der Waals surface area contributed by atoms with Crippen LogP contribution < -0.4 is 0 Å². The molecule has 1 aliphatic heterocycles. The lowest BCUT2D eigenvalue weighted by Crippen LogP contribution is -2.13. The molecular weight excluding hydrogens is 214 g/mol. The minimum absolute atomic E-state index is 0.216. The number of aromatic nitrogens is 1. The molecule has 0 atom stereocenters. The minimum atomic E-state index is -0.948. The zero-order valence-corrected chi connectivity index (χ0v) is 9.13. The molecule has 1 fully saturated rings. The van der Waals surface area contributed by atoms with Crippen LogP contribution in [-0.4, -0.2) is 27.7 Å². The van der Waals surface area contributed by atoms with Crippen molar-refractivity contribution < 1.29 is 14.4 Å². The second-order valence-electron chi connectivity index (χ2n) is 3.73. The van der Waals surface area contributed by atoms with Gasteiger partial charge in [0.2, 0.25) is 0 Å². The number of aromatic carboxylic acids is 1. The van der Waals surface area contributed by atoms with Crippen molar-refractivity contribution in [3.05, 3.63) is 17.5 Å². The van der Waals surface area contributed by atoms with Gasteiger partial charge in [-0.1, -0.05) is 5.16 Å². The maximum atomic E-state index is 10.8. The summed E-state index contributed by atoms with van der Waals surface area (Å²) in [5, 5.41) is 12.4. The predicted molar refractivity (Wildman–Crippen MR) is 57.2 cm³/mol. The zero-order valence-electron chi connectivity index (χ0n) is 8.31. The van der Waals surface area contributed by atoms with E-state index in [1.54, 1.807) is 0 Å². The maximum Gasteiger partial charge on any atom is 0.340 e. The number of carbonyl (C=O) groups is 1. The molecule has 1 aromatic rings. The van der Waals surface area contributed by atoms with E-state index in [4.69, 9.17) is 9.63 Å². The van der Waals surface area contributed by atoms with Gasteiger partial charge in [0.25, 0.3) is 0 Å². The number of carboxylic acid groups (broad SMARTS) is 1. The normalized spacial score (nSPS) is 17.9. The van der Waals surface area contributed by atoms with Crippen LogP contribution in [0.5, 0.6) is 0 Å². The predicted octanol–water partition coefficient (Wildman–Crippen LogP) is 2.06. The van der Waals surface area contributed by atoms with E-state index >= 15 is 0 Å². The lowest BCUT2D eigenvalue weighted by atomic mass is 9.96. The molecule has 4 nitrogen and oxygen atoms in total. The third-order valence-corrected chi connectivity index (χ3v) is 3.74. The van der Waals surface area contributed by atoms with Gasteiger partial charge in [0.05, 0.1) is 6.20 Å². The molecule has 1 aliphatic rings. The smallest absolute Gasteiger partial charge is 0.340 e. The van der Waals surface area contributed by atoms with Gasteiger partial charge in [-0.2, -0.15) is 11.8 Å². The highest BCUT2D eigenvalue weighted by Crippen LogP contribution is 2.26. The van der Waals surface area contributed by atoms with Crippen molar-refractivity contribution in [3.63, 3.8) is 0 Å². The van der Waals surface area contributed by atoms with Gasteiger partial charge in [0.15, 0.2) is 5.76 Å². The lowest BCUT2D eigenvalue weighted by molar-refractivity contribution is 0.0694. The van der Waals surface area contributed by atoms with Crippen molar-refractivity contribution in [2.45, 2.75) is 19.3 Å². The molecule has 1 N–H and O–H groups in total. The van der Waals surface area contributed by atoms with Crippen LogP contribution in [0.2, 0.25) is 0 Å². The van der Waals surface area contributed by atoms with E-state index < -0.39 is 5.97 Å². The molecule has 1 aromatic heterocycles. The molecule has 1 saturated heterocycles. The summed E-state index contributed by atoms with van der Waals surface area (Å²) in [6.07, 6.45) is 4.28. The molecule has 0 aliphatic carbocycles. The molecule has 15 heavy (non-hydrogen) atoms. The topological polar surface area (TPSA) is 63.3 Å². The van der Waals surface area contributed by atoms with Gasteiger partial charge < -0.3 is 9.63 Å². The number of hydrogen-bond donors (Lipinski definition) is 1. The molecule has 2 rings (SSSR count). The Balaban J connectivity index is 2.03. The van der Waals surface area contributed by atoms with E-state index in [-0.39, 0.29) is 5.56 Å². The molecule has 0 aromatic carbocycles. The van der Waals surface area contributed by atoms with Gasteiger partial charge in [-0.3, -0.25) is 0 Å². The molecule has 0 amide bonds.